The maximum Gasteiger partial charge on any atom is 0.257 e. The molecule has 1 aliphatic heterocycles. The summed E-state index contributed by atoms with van der Waals surface area (Å²) in [6.07, 6.45) is 13.4. The quantitative estimate of drug-likeness (QED) is 0.350. The maximum atomic E-state index is 13.7. The number of carbonyl (C=O) groups is 1. The first-order valence-corrected chi connectivity index (χ1v) is 15.7. The molecule has 3 aromatic rings. The molecule has 2 bridgehead atoms. The molecule has 0 spiro atoms. The van der Waals surface area contributed by atoms with E-state index in [0.717, 1.165) is 105 Å². The number of benzene rings is 1. The molecule has 216 valence electrons. The molecule has 0 radical (unpaired) electrons. The summed E-state index contributed by atoms with van der Waals surface area (Å²) in [6, 6.07) is 8.32. The molecule has 1 atom stereocenters. The fourth-order valence-corrected chi connectivity index (χ4v) is 7.62. The topological polar surface area (TPSA) is 116 Å². The molecule has 5 aliphatic carbocycles. The second-order valence-electron chi connectivity index (χ2n) is 13.5. The van der Waals surface area contributed by atoms with Crippen molar-refractivity contribution in [3.05, 3.63) is 47.4 Å². The van der Waals surface area contributed by atoms with Gasteiger partial charge >= 0.3 is 0 Å². The predicted octanol–water partition coefficient (Wildman–Crippen LogP) is 5.83. The molecule has 9 rings (SSSR count). The number of carbonyl (C=O) groups excluding carboxylic acids is 1. The van der Waals surface area contributed by atoms with Crippen LogP contribution in [0, 0.1) is 17.3 Å². The zero-order valence-electron chi connectivity index (χ0n) is 23.6. The number of amides is 1. The van der Waals surface area contributed by atoms with E-state index in [1.807, 2.05) is 6.07 Å². The van der Waals surface area contributed by atoms with Crippen molar-refractivity contribution in [3.8, 4) is 11.5 Å². The lowest BCUT2D eigenvalue weighted by Gasteiger charge is -2.55. The molecule has 2 aromatic heterocycles. The van der Waals surface area contributed by atoms with Crippen molar-refractivity contribution in [2.75, 3.05) is 13.2 Å². The monoisotopic (exact) mass is 557 g/mol. The minimum absolute atomic E-state index is 0.00238. The van der Waals surface area contributed by atoms with Crippen LogP contribution >= 0.6 is 0 Å². The average molecular weight is 558 g/mol. The van der Waals surface area contributed by atoms with Gasteiger partial charge in [-0.15, -0.1) is 0 Å². The van der Waals surface area contributed by atoms with Crippen LogP contribution in [0.1, 0.15) is 112 Å². The molecule has 9 heteroatoms. The largest absolute Gasteiger partial charge is 0.381 e. The van der Waals surface area contributed by atoms with Gasteiger partial charge in [0.05, 0.1) is 6.04 Å². The third kappa shape index (κ3) is 4.90. The Bertz CT molecular complexity index is 1390. The molecule has 6 aliphatic rings. The molecular formula is C32H39N5O4. The van der Waals surface area contributed by atoms with Gasteiger partial charge in [0.2, 0.25) is 11.8 Å². The van der Waals surface area contributed by atoms with E-state index < -0.39 is 0 Å². The highest BCUT2D eigenvalue weighted by Crippen LogP contribution is 2.62. The van der Waals surface area contributed by atoms with Gasteiger partial charge in [0.25, 0.3) is 5.89 Å². The molecule has 1 aromatic carbocycles. The van der Waals surface area contributed by atoms with E-state index in [1.54, 1.807) is 0 Å². The minimum Gasteiger partial charge on any atom is -0.381 e. The number of hydrogen-bond donors (Lipinski definition) is 1. The van der Waals surface area contributed by atoms with Gasteiger partial charge in [0.15, 0.2) is 11.6 Å². The highest BCUT2D eigenvalue weighted by Gasteiger charge is 2.55. The summed E-state index contributed by atoms with van der Waals surface area (Å²) in [6.45, 7) is 1.30. The van der Waals surface area contributed by atoms with Gasteiger partial charge in [-0.3, -0.25) is 4.79 Å². The van der Waals surface area contributed by atoms with Crippen molar-refractivity contribution in [1.29, 1.82) is 0 Å². The highest BCUT2D eigenvalue weighted by molar-refractivity contribution is 5.79. The number of ether oxygens (including phenoxy) is 1. The molecular weight excluding hydrogens is 518 g/mol. The molecule has 1 saturated heterocycles. The van der Waals surface area contributed by atoms with E-state index in [0.29, 0.717) is 25.0 Å². The van der Waals surface area contributed by atoms with Crippen molar-refractivity contribution >= 4 is 5.91 Å². The summed E-state index contributed by atoms with van der Waals surface area (Å²) in [5.41, 5.74) is 1.98. The van der Waals surface area contributed by atoms with Gasteiger partial charge in [-0.05, 0) is 106 Å². The molecule has 5 saturated carbocycles. The third-order valence-electron chi connectivity index (χ3n) is 10.7. The SMILES string of the molecule is O=C(NC(c1cccc(-c2nc(C3CC3)no2)c1)C12CCC(c3nc(CC4CC4)no3)(CC1)CC2)C1CCOCC1. The first kappa shape index (κ1) is 25.6. The van der Waals surface area contributed by atoms with Crippen LogP contribution in [-0.4, -0.2) is 39.4 Å². The second kappa shape index (κ2) is 10.0. The molecule has 1 N–H and O–H groups in total. The fraction of sp³-hybridized carbons (Fsp3) is 0.656. The van der Waals surface area contributed by atoms with E-state index in [9.17, 15) is 4.79 Å². The average Bonchev–Trinajstić information content (AvgIpc) is 3.95. The standard InChI is InChI=1S/C32H39N5O4/c38-28(22-8-16-39-17-9-22)34-26(23-2-1-3-24(19-23)29-35-27(37-40-29)21-6-7-21)31-10-13-32(14-11-31,15-12-31)30-33-25(36-41-30)18-20-4-5-20/h1-3,19-22,26H,4-18H2,(H,34,38). The lowest BCUT2D eigenvalue weighted by molar-refractivity contribution is -0.131. The van der Waals surface area contributed by atoms with Gasteiger partial charge < -0.3 is 19.1 Å². The highest BCUT2D eigenvalue weighted by atomic mass is 16.5. The van der Waals surface area contributed by atoms with Crippen LogP contribution < -0.4 is 5.32 Å². The van der Waals surface area contributed by atoms with Crippen LogP contribution in [0.25, 0.3) is 11.5 Å². The molecule has 41 heavy (non-hydrogen) atoms. The zero-order valence-corrected chi connectivity index (χ0v) is 23.6. The fourth-order valence-electron chi connectivity index (χ4n) is 7.62. The summed E-state index contributed by atoms with van der Waals surface area (Å²) in [4.78, 5) is 23.3. The van der Waals surface area contributed by atoms with Crippen LogP contribution in [0.2, 0.25) is 0 Å². The Hall–Kier alpha value is -3.07. The van der Waals surface area contributed by atoms with Gasteiger partial charge in [-0.1, -0.05) is 22.4 Å². The van der Waals surface area contributed by atoms with Crippen molar-refractivity contribution in [3.63, 3.8) is 0 Å². The molecule has 1 amide bonds. The minimum atomic E-state index is -0.0879. The van der Waals surface area contributed by atoms with Gasteiger partial charge in [-0.25, -0.2) is 0 Å². The second-order valence-corrected chi connectivity index (χ2v) is 13.5. The van der Waals surface area contributed by atoms with Crippen LogP contribution in [0.3, 0.4) is 0 Å². The van der Waals surface area contributed by atoms with Crippen molar-refractivity contribution in [2.24, 2.45) is 17.3 Å². The van der Waals surface area contributed by atoms with Crippen molar-refractivity contribution < 1.29 is 18.6 Å². The van der Waals surface area contributed by atoms with Crippen molar-refractivity contribution in [2.45, 2.75) is 101 Å². The lowest BCUT2D eigenvalue weighted by Crippen LogP contribution is -2.52. The van der Waals surface area contributed by atoms with Gasteiger partial charge in [0, 0.05) is 42.4 Å². The van der Waals surface area contributed by atoms with E-state index in [1.165, 1.54) is 12.8 Å². The zero-order chi connectivity index (χ0) is 27.4. The normalized spacial score (nSPS) is 29.0. The van der Waals surface area contributed by atoms with Crippen LogP contribution in [0.5, 0.6) is 0 Å². The summed E-state index contributed by atoms with van der Waals surface area (Å²) in [5, 5.41) is 12.2. The lowest BCUT2D eigenvalue weighted by atomic mass is 9.51. The summed E-state index contributed by atoms with van der Waals surface area (Å²) >= 11 is 0. The Kier molecular flexibility index (Phi) is 6.27. The Morgan fingerprint density at radius 1 is 0.927 bits per heavy atom. The summed E-state index contributed by atoms with van der Waals surface area (Å²) in [7, 11) is 0. The van der Waals surface area contributed by atoms with Crippen LogP contribution in [0.4, 0.5) is 0 Å². The summed E-state index contributed by atoms with van der Waals surface area (Å²) < 4.78 is 17.1. The molecule has 9 nitrogen and oxygen atoms in total. The Labute approximate surface area is 240 Å². The smallest absolute Gasteiger partial charge is 0.257 e. The Balaban J connectivity index is 1.07. The first-order valence-electron chi connectivity index (χ1n) is 15.7. The first-order chi connectivity index (χ1) is 20.1. The van der Waals surface area contributed by atoms with Crippen LogP contribution in [0.15, 0.2) is 33.3 Å². The van der Waals surface area contributed by atoms with Gasteiger partial charge in [0.1, 0.15) is 0 Å². The number of nitrogens with one attached hydrogen (secondary N) is 1. The number of rotatable bonds is 9. The molecule has 6 fully saturated rings. The Morgan fingerprint density at radius 2 is 1.71 bits per heavy atom. The Morgan fingerprint density at radius 3 is 2.44 bits per heavy atom. The van der Waals surface area contributed by atoms with E-state index >= 15 is 0 Å². The van der Waals surface area contributed by atoms with Crippen molar-refractivity contribution in [1.82, 2.24) is 25.6 Å². The number of nitrogens with zero attached hydrogens (tertiary/aromatic N) is 4. The van der Waals surface area contributed by atoms with Gasteiger partial charge in [-0.2, -0.15) is 9.97 Å². The molecule has 3 heterocycles. The maximum absolute atomic E-state index is 13.7. The predicted molar refractivity (Wildman–Crippen MR) is 149 cm³/mol. The van der Waals surface area contributed by atoms with E-state index in [2.05, 4.69) is 33.8 Å². The number of hydrogen-bond acceptors (Lipinski definition) is 8. The van der Waals surface area contributed by atoms with E-state index in [4.69, 9.17) is 23.8 Å². The van der Waals surface area contributed by atoms with E-state index in [-0.39, 0.29) is 28.7 Å². The number of aromatic nitrogens is 4. The summed E-state index contributed by atoms with van der Waals surface area (Å²) in [5.74, 6) is 4.42. The number of fused-ring (bicyclic) bond motifs is 3. The third-order valence-corrected chi connectivity index (χ3v) is 10.7. The van der Waals surface area contributed by atoms with Crippen LogP contribution in [-0.2, 0) is 21.4 Å². The molecule has 1 unspecified atom stereocenters.